The van der Waals surface area contributed by atoms with Crippen LogP contribution >= 0.6 is 0 Å². The zero-order valence-corrected chi connectivity index (χ0v) is 9.60. The highest BCUT2D eigenvalue weighted by molar-refractivity contribution is 5.08. The third kappa shape index (κ3) is 2.24. The van der Waals surface area contributed by atoms with E-state index in [0.29, 0.717) is 5.92 Å². The second-order valence-corrected chi connectivity index (χ2v) is 5.11. The number of rotatable bonds is 4. The first kappa shape index (κ1) is 10.2. The minimum absolute atomic E-state index is 0.639. The van der Waals surface area contributed by atoms with E-state index in [-0.39, 0.29) is 0 Å². The fraction of sp³-hybridized carbons (Fsp3) is 0.692. The zero-order valence-electron chi connectivity index (χ0n) is 9.60. The van der Waals surface area contributed by atoms with E-state index in [1.807, 2.05) is 12.4 Å². The number of nitrogens with one attached hydrogen (secondary N) is 1. The minimum Gasteiger partial charge on any atom is -0.314 e. The van der Waals surface area contributed by atoms with Crippen LogP contribution in [-0.2, 0) is 0 Å². The van der Waals surface area contributed by atoms with Crippen LogP contribution in [0.5, 0.6) is 0 Å². The van der Waals surface area contributed by atoms with Crippen LogP contribution in [0, 0.1) is 5.92 Å². The summed E-state index contributed by atoms with van der Waals surface area (Å²) in [4.78, 5) is 8.65. The topological polar surface area (TPSA) is 37.8 Å². The molecule has 2 aliphatic rings. The molecule has 1 heterocycles. The lowest BCUT2D eigenvalue weighted by atomic mass is 9.93. The Labute approximate surface area is 96.7 Å². The van der Waals surface area contributed by atoms with Gasteiger partial charge in [-0.25, -0.2) is 0 Å². The molecule has 2 aliphatic carbocycles. The third-order valence-electron chi connectivity index (χ3n) is 3.87. The summed E-state index contributed by atoms with van der Waals surface area (Å²) in [6, 6.07) is 0.822. The van der Waals surface area contributed by atoms with Crippen molar-refractivity contribution in [3.8, 4) is 0 Å². The summed E-state index contributed by atoms with van der Waals surface area (Å²) in [5.41, 5.74) is 1.20. The Bertz CT molecular complexity index is 334. The van der Waals surface area contributed by atoms with Crippen LogP contribution in [0.25, 0.3) is 0 Å². The molecule has 0 amide bonds. The van der Waals surface area contributed by atoms with Gasteiger partial charge in [0.2, 0.25) is 0 Å². The maximum atomic E-state index is 4.46. The first-order valence-corrected chi connectivity index (χ1v) is 6.43. The minimum atomic E-state index is 0.639. The van der Waals surface area contributed by atoms with Gasteiger partial charge in [-0.05, 0) is 38.1 Å². The predicted octanol–water partition coefficient (Wildman–Crippen LogP) is 2.11. The molecule has 1 aromatic heterocycles. The summed E-state index contributed by atoms with van der Waals surface area (Å²) in [7, 11) is 0. The van der Waals surface area contributed by atoms with Gasteiger partial charge in [-0.3, -0.25) is 9.97 Å². The van der Waals surface area contributed by atoms with Crippen LogP contribution in [-0.4, -0.2) is 22.6 Å². The quantitative estimate of drug-likeness (QED) is 0.839. The lowest BCUT2D eigenvalue weighted by Gasteiger charge is -2.19. The van der Waals surface area contributed by atoms with Gasteiger partial charge in [-0.1, -0.05) is 6.42 Å². The van der Waals surface area contributed by atoms with E-state index in [1.165, 1.54) is 44.3 Å². The van der Waals surface area contributed by atoms with Gasteiger partial charge in [0.05, 0.1) is 5.69 Å². The molecule has 2 fully saturated rings. The Morgan fingerprint density at radius 2 is 2.12 bits per heavy atom. The number of nitrogens with zero attached hydrogens (tertiary/aromatic N) is 2. The second kappa shape index (κ2) is 4.50. The van der Waals surface area contributed by atoms with Crippen LogP contribution in [0.3, 0.4) is 0 Å². The molecule has 2 atom stereocenters. The van der Waals surface area contributed by atoms with Gasteiger partial charge >= 0.3 is 0 Å². The average Bonchev–Trinajstić information content (AvgIpc) is 3.05. The van der Waals surface area contributed by atoms with Crippen molar-refractivity contribution >= 4 is 0 Å². The summed E-state index contributed by atoms with van der Waals surface area (Å²) in [5.74, 6) is 1.41. The molecule has 0 saturated heterocycles. The largest absolute Gasteiger partial charge is 0.314 e. The van der Waals surface area contributed by atoms with E-state index in [4.69, 9.17) is 0 Å². The van der Waals surface area contributed by atoms with Crippen molar-refractivity contribution in [2.75, 3.05) is 6.54 Å². The molecule has 16 heavy (non-hydrogen) atoms. The van der Waals surface area contributed by atoms with E-state index in [9.17, 15) is 0 Å². The van der Waals surface area contributed by atoms with E-state index in [2.05, 4.69) is 15.3 Å². The molecule has 86 valence electrons. The fourth-order valence-corrected chi connectivity index (χ4v) is 2.78. The Morgan fingerprint density at radius 3 is 2.88 bits per heavy atom. The normalized spacial score (nSPS) is 29.5. The average molecular weight is 217 g/mol. The van der Waals surface area contributed by atoms with Gasteiger partial charge in [0.25, 0.3) is 0 Å². The van der Waals surface area contributed by atoms with Crippen LogP contribution in [0.4, 0.5) is 0 Å². The highest BCUT2D eigenvalue weighted by atomic mass is 14.9. The van der Waals surface area contributed by atoms with Crippen LogP contribution in [0.2, 0.25) is 0 Å². The number of hydrogen-bond donors (Lipinski definition) is 1. The van der Waals surface area contributed by atoms with Crippen molar-refractivity contribution in [2.24, 2.45) is 5.92 Å². The standard InChI is InChI=1S/C13H19N3/c1-2-10(8-16-11-4-5-11)12(3-1)13-9-14-6-7-15-13/h6-7,9-12,16H,1-5,8H2. The highest BCUT2D eigenvalue weighted by Gasteiger charge is 2.31. The molecule has 0 aliphatic heterocycles. The molecule has 1 N–H and O–H groups in total. The number of hydrogen-bond acceptors (Lipinski definition) is 3. The third-order valence-corrected chi connectivity index (χ3v) is 3.87. The Morgan fingerprint density at radius 1 is 1.19 bits per heavy atom. The van der Waals surface area contributed by atoms with E-state index in [1.54, 1.807) is 6.20 Å². The van der Waals surface area contributed by atoms with Gasteiger partial charge in [0, 0.05) is 30.6 Å². The lowest BCUT2D eigenvalue weighted by Crippen LogP contribution is -2.26. The zero-order chi connectivity index (χ0) is 10.8. The predicted molar refractivity (Wildman–Crippen MR) is 63.1 cm³/mol. The van der Waals surface area contributed by atoms with Crippen molar-refractivity contribution < 1.29 is 0 Å². The molecular weight excluding hydrogens is 198 g/mol. The van der Waals surface area contributed by atoms with Gasteiger partial charge in [0.15, 0.2) is 0 Å². The van der Waals surface area contributed by atoms with Gasteiger partial charge in [-0.15, -0.1) is 0 Å². The molecule has 3 heteroatoms. The Hall–Kier alpha value is -0.960. The van der Waals surface area contributed by atoms with Gasteiger partial charge in [0.1, 0.15) is 0 Å². The van der Waals surface area contributed by atoms with Crippen molar-refractivity contribution in [1.82, 2.24) is 15.3 Å². The fourth-order valence-electron chi connectivity index (χ4n) is 2.78. The first-order chi connectivity index (χ1) is 7.93. The first-order valence-electron chi connectivity index (χ1n) is 6.43. The summed E-state index contributed by atoms with van der Waals surface area (Å²) in [5, 5.41) is 3.65. The summed E-state index contributed by atoms with van der Waals surface area (Å²) in [6.45, 7) is 1.17. The van der Waals surface area contributed by atoms with Gasteiger partial charge < -0.3 is 5.32 Å². The van der Waals surface area contributed by atoms with Gasteiger partial charge in [-0.2, -0.15) is 0 Å². The van der Waals surface area contributed by atoms with Crippen LogP contribution < -0.4 is 5.32 Å². The smallest absolute Gasteiger partial charge is 0.0620 e. The van der Waals surface area contributed by atoms with E-state index < -0.39 is 0 Å². The van der Waals surface area contributed by atoms with E-state index in [0.717, 1.165) is 12.0 Å². The second-order valence-electron chi connectivity index (χ2n) is 5.11. The molecule has 0 radical (unpaired) electrons. The molecule has 0 bridgehead atoms. The summed E-state index contributed by atoms with van der Waals surface area (Å²) < 4.78 is 0. The van der Waals surface area contributed by atoms with Crippen LogP contribution in [0.15, 0.2) is 18.6 Å². The molecule has 3 rings (SSSR count). The lowest BCUT2D eigenvalue weighted by molar-refractivity contribution is 0.436. The van der Waals surface area contributed by atoms with Crippen molar-refractivity contribution in [1.29, 1.82) is 0 Å². The Balaban J connectivity index is 1.63. The molecule has 0 aromatic carbocycles. The SMILES string of the molecule is c1cnc(C2CCCC2CNC2CC2)cn1. The number of aromatic nitrogens is 2. The van der Waals surface area contributed by atoms with Crippen molar-refractivity contribution in [3.63, 3.8) is 0 Å². The van der Waals surface area contributed by atoms with Crippen molar-refractivity contribution in [3.05, 3.63) is 24.3 Å². The van der Waals surface area contributed by atoms with E-state index >= 15 is 0 Å². The molecule has 3 nitrogen and oxygen atoms in total. The highest BCUT2D eigenvalue weighted by Crippen LogP contribution is 2.38. The summed E-state index contributed by atoms with van der Waals surface area (Å²) >= 11 is 0. The Kier molecular flexibility index (Phi) is 2.87. The molecular formula is C13H19N3. The molecule has 2 saturated carbocycles. The monoisotopic (exact) mass is 217 g/mol. The van der Waals surface area contributed by atoms with Crippen LogP contribution in [0.1, 0.15) is 43.7 Å². The summed E-state index contributed by atoms with van der Waals surface area (Å²) in [6.07, 6.45) is 12.3. The molecule has 2 unspecified atom stereocenters. The van der Waals surface area contributed by atoms with Crippen molar-refractivity contribution in [2.45, 2.75) is 44.1 Å². The molecule has 1 aromatic rings. The maximum absolute atomic E-state index is 4.46. The molecule has 0 spiro atoms. The maximum Gasteiger partial charge on any atom is 0.0620 e.